The van der Waals surface area contributed by atoms with Crippen LogP contribution in [-0.2, 0) is 5.41 Å². The molecule has 2 heterocycles. The SMILES string of the molecule is Cc1nc2ncnc(C34C5C6C7C5C3C7C64)c2nc1C. The monoisotopic (exact) mass is 262 g/mol. The van der Waals surface area contributed by atoms with Gasteiger partial charge in [0.2, 0.25) is 0 Å². The Morgan fingerprint density at radius 3 is 2.20 bits per heavy atom. The van der Waals surface area contributed by atoms with Gasteiger partial charge in [-0.05, 0) is 55.3 Å². The Morgan fingerprint density at radius 2 is 1.50 bits per heavy atom. The summed E-state index contributed by atoms with van der Waals surface area (Å²) in [5.74, 6) is 7.20. The third-order valence-electron chi connectivity index (χ3n) is 7.77. The molecule has 8 rings (SSSR count). The third kappa shape index (κ3) is 0.548. The largest absolute Gasteiger partial charge is 0.246 e. The number of hydrogen-bond acceptors (Lipinski definition) is 4. The summed E-state index contributed by atoms with van der Waals surface area (Å²) in [5.41, 5.74) is 5.46. The molecule has 2 aromatic heterocycles. The Kier molecular flexibility index (Phi) is 1.07. The molecule has 4 nitrogen and oxygen atoms in total. The molecule has 6 aliphatic carbocycles. The average Bonchev–Trinajstić information content (AvgIpc) is 2.48. The zero-order valence-corrected chi connectivity index (χ0v) is 11.4. The van der Waals surface area contributed by atoms with Gasteiger partial charge in [0.05, 0.1) is 17.1 Å². The smallest absolute Gasteiger partial charge is 0.181 e. The summed E-state index contributed by atoms with van der Waals surface area (Å²) < 4.78 is 0. The second-order valence-corrected chi connectivity index (χ2v) is 7.61. The van der Waals surface area contributed by atoms with Crippen LogP contribution in [0.3, 0.4) is 0 Å². The van der Waals surface area contributed by atoms with Gasteiger partial charge in [0.15, 0.2) is 5.65 Å². The minimum absolute atomic E-state index is 0.423. The lowest BCUT2D eigenvalue weighted by atomic mass is 8.96. The van der Waals surface area contributed by atoms with Crippen molar-refractivity contribution in [3.63, 3.8) is 0 Å². The van der Waals surface area contributed by atoms with Crippen molar-refractivity contribution in [3.8, 4) is 0 Å². The normalized spacial score (nSPS) is 54.2. The average molecular weight is 262 g/mol. The van der Waals surface area contributed by atoms with E-state index >= 15 is 0 Å². The van der Waals surface area contributed by atoms with E-state index in [1.165, 1.54) is 5.69 Å². The van der Waals surface area contributed by atoms with Crippen LogP contribution in [0.1, 0.15) is 17.1 Å². The van der Waals surface area contributed by atoms with Crippen molar-refractivity contribution in [3.05, 3.63) is 23.4 Å². The van der Waals surface area contributed by atoms with Gasteiger partial charge < -0.3 is 0 Å². The van der Waals surface area contributed by atoms with Gasteiger partial charge in [0, 0.05) is 5.41 Å². The van der Waals surface area contributed by atoms with E-state index in [1.807, 2.05) is 13.8 Å². The molecule has 0 spiro atoms. The molecule has 4 heteroatoms. The van der Waals surface area contributed by atoms with Crippen molar-refractivity contribution >= 4 is 11.2 Å². The Bertz CT molecular complexity index is 806. The number of hydrogen-bond donors (Lipinski definition) is 0. The van der Waals surface area contributed by atoms with Crippen LogP contribution in [0.5, 0.6) is 0 Å². The van der Waals surface area contributed by atoms with Crippen LogP contribution in [0.4, 0.5) is 0 Å². The molecule has 20 heavy (non-hydrogen) atoms. The molecule has 0 aliphatic heterocycles. The van der Waals surface area contributed by atoms with Crippen molar-refractivity contribution in [2.24, 2.45) is 41.4 Å². The van der Waals surface area contributed by atoms with E-state index < -0.39 is 0 Å². The van der Waals surface area contributed by atoms with E-state index in [0.29, 0.717) is 5.41 Å². The van der Waals surface area contributed by atoms with E-state index in [9.17, 15) is 0 Å². The van der Waals surface area contributed by atoms with E-state index in [4.69, 9.17) is 9.97 Å². The Morgan fingerprint density at radius 1 is 0.850 bits per heavy atom. The van der Waals surface area contributed by atoms with E-state index in [-0.39, 0.29) is 0 Å². The maximum absolute atomic E-state index is 4.81. The minimum atomic E-state index is 0.423. The topological polar surface area (TPSA) is 51.6 Å². The predicted molar refractivity (Wildman–Crippen MR) is 70.7 cm³/mol. The maximum Gasteiger partial charge on any atom is 0.181 e. The lowest BCUT2D eigenvalue weighted by Crippen LogP contribution is -3.07. The van der Waals surface area contributed by atoms with Gasteiger partial charge >= 0.3 is 0 Å². The molecule has 0 unspecified atom stereocenters. The van der Waals surface area contributed by atoms with Gasteiger partial charge in [0.25, 0.3) is 0 Å². The Hall–Kier alpha value is -1.58. The van der Waals surface area contributed by atoms with E-state index in [1.54, 1.807) is 6.33 Å². The van der Waals surface area contributed by atoms with Crippen molar-refractivity contribution in [2.75, 3.05) is 0 Å². The van der Waals surface area contributed by atoms with Gasteiger partial charge in [-0.3, -0.25) is 0 Å². The number of fused-ring (bicyclic) bond motifs is 1. The first-order valence-electron chi connectivity index (χ1n) is 7.72. The first-order valence-corrected chi connectivity index (χ1v) is 7.72. The molecule has 0 radical (unpaired) electrons. The second-order valence-electron chi connectivity index (χ2n) is 7.61. The molecule has 0 aromatic carbocycles. The number of nitrogens with zero attached hydrogens (tertiary/aromatic N) is 4. The second kappa shape index (κ2) is 2.28. The molecule has 0 saturated heterocycles. The minimum Gasteiger partial charge on any atom is -0.246 e. The molecule has 0 atom stereocenters. The summed E-state index contributed by atoms with van der Waals surface area (Å²) in [6.45, 7) is 4.05. The van der Waals surface area contributed by atoms with Gasteiger partial charge in [0.1, 0.15) is 11.8 Å². The maximum atomic E-state index is 4.81. The molecule has 0 bridgehead atoms. The molecular weight excluding hydrogens is 248 g/mol. The van der Waals surface area contributed by atoms with Crippen LogP contribution in [0.25, 0.3) is 11.2 Å². The van der Waals surface area contributed by atoms with Crippen LogP contribution in [0, 0.1) is 55.3 Å². The van der Waals surface area contributed by atoms with Gasteiger partial charge in [-0.1, -0.05) is 0 Å². The highest BCUT2D eigenvalue weighted by Gasteiger charge is 3.05. The molecule has 2 aromatic rings. The van der Waals surface area contributed by atoms with Crippen LogP contribution in [-0.4, -0.2) is 19.9 Å². The van der Waals surface area contributed by atoms with Crippen LogP contribution in [0.2, 0.25) is 0 Å². The summed E-state index contributed by atoms with van der Waals surface area (Å²) >= 11 is 0. The standard InChI is InChI=1S/C16H14N4/c1-4-5(2)20-15-13(19-4)14(17-3-18-15)16-10-7-6-8(10)12(16)9(6)11(7)16/h3,6-12H,1-2H3. The molecule has 0 N–H and O–H groups in total. The van der Waals surface area contributed by atoms with Crippen molar-refractivity contribution in [1.82, 2.24) is 19.9 Å². The predicted octanol–water partition coefficient (Wildman–Crippen LogP) is 1.66. The van der Waals surface area contributed by atoms with Gasteiger partial charge in [-0.25, -0.2) is 19.9 Å². The van der Waals surface area contributed by atoms with Crippen LogP contribution >= 0.6 is 0 Å². The highest BCUT2D eigenvalue weighted by molar-refractivity contribution is 5.77. The highest BCUT2D eigenvalue weighted by atomic mass is 15.1. The first kappa shape index (κ1) is 9.37. The fourth-order valence-electron chi connectivity index (χ4n) is 7.26. The molecule has 6 saturated carbocycles. The summed E-state index contributed by atoms with van der Waals surface area (Å²) in [7, 11) is 0. The summed E-state index contributed by atoms with van der Waals surface area (Å²) in [4.78, 5) is 18.5. The van der Waals surface area contributed by atoms with E-state index in [2.05, 4.69) is 9.97 Å². The molecule has 6 fully saturated rings. The zero-order chi connectivity index (χ0) is 13.0. The number of aryl methyl sites for hydroxylation is 2. The highest BCUT2D eigenvalue weighted by Crippen LogP contribution is 3.05. The summed E-state index contributed by atoms with van der Waals surface area (Å²) in [6.07, 6.45) is 1.71. The van der Waals surface area contributed by atoms with Crippen molar-refractivity contribution in [1.29, 1.82) is 0 Å². The Balaban J connectivity index is 1.53. The molecule has 0 amide bonds. The van der Waals surface area contributed by atoms with Crippen LogP contribution < -0.4 is 0 Å². The molecular formula is C16H14N4. The number of aromatic nitrogens is 4. The van der Waals surface area contributed by atoms with Crippen LogP contribution in [0.15, 0.2) is 6.33 Å². The summed E-state index contributed by atoms with van der Waals surface area (Å²) in [6, 6.07) is 0. The summed E-state index contributed by atoms with van der Waals surface area (Å²) in [5, 5.41) is 0. The lowest BCUT2D eigenvalue weighted by Gasteiger charge is -3.07. The fourth-order valence-corrected chi connectivity index (χ4v) is 7.26. The third-order valence-corrected chi connectivity index (χ3v) is 7.77. The lowest BCUT2D eigenvalue weighted by molar-refractivity contribution is -0.582. The zero-order valence-electron chi connectivity index (χ0n) is 11.4. The molecule has 98 valence electrons. The van der Waals surface area contributed by atoms with Gasteiger partial charge in [-0.2, -0.15) is 0 Å². The Labute approximate surface area is 116 Å². The van der Waals surface area contributed by atoms with Crippen molar-refractivity contribution < 1.29 is 0 Å². The quantitative estimate of drug-likeness (QED) is 0.784. The first-order chi connectivity index (χ1) is 9.76. The van der Waals surface area contributed by atoms with Crippen molar-refractivity contribution in [2.45, 2.75) is 19.3 Å². The molecule has 6 aliphatic rings. The number of rotatable bonds is 1. The van der Waals surface area contributed by atoms with E-state index in [0.717, 1.165) is 64.0 Å². The fraction of sp³-hybridized carbons (Fsp3) is 0.625. The van der Waals surface area contributed by atoms with Gasteiger partial charge in [-0.15, -0.1) is 0 Å².